The predicted octanol–water partition coefficient (Wildman–Crippen LogP) is 0.257. The van der Waals surface area contributed by atoms with Gasteiger partial charge < -0.3 is 34.7 Å². The van der Waals surface area contributed by atoms with E-state index in [0.717, 1.165) is 14.2 Å². The number of hydrogen-bond donors (Lipinski definition) is 2. The second-order valence-electron chi connectivity index (χ2n) is 6.77. The Bertz CT molecular complexity index is 1040. The second kappa shape index (κ2) is 9.10. The topological polar surface area (TPSA) is 152 Å². The van der Waals surface area contributed by atoms with Gasteiger partial charge in [-0.2, -0.15) is 0 Å². The number of nitrogens with one attached hydrogen (secondary N) is 1. The van der Waals surface area contributed by atoms with Crippen molar-refractivity contribution < 1.29 is 42.9 Å². The Morgan fingerprint density at radius 1 is 1.03 bits per heavy atom. The summed E-state index contributed by atoms with van der Waals surface area (Å²) in [4.78, 5) is 51.4. The molecule has 1 atom stereocenters. The highest BCUT2D eigenvalue weighted by atomic mass is 16.6. The number of benzene rings is 1. The van der Waals surface area contributed by atoms with Gasteiger partial charge in [-0.3, -0.25) is 4.79 Å². The Labute approximate surface area is 183 Å². The van der Waals surface area contributed by atoms with Crippen molar-refractivity contribution in [3.63, 3.8) is 0 Å². The molecule has 0 aromatic heterocycles. The van der Waals surface area contributed by atoms with Crippen LogP contribution in [0.1, 0.15) is 12.0 Å². The highest BCUT2D eigenvalue weighted by Gasteiger charge is 2.63. The average molecular weight is 446 g/mol. The van der Waals surface area contributed by atoms with E-state index in [9.17, 15) is 19.2 Å². The molecule has 1 spiro atoms. The molecule has 0 unspecified atom stereocenters. The van der Waals surface area contributed by atoms with Crippen LogP contribution < -0.4 is 11.1 Å². The fourth-order valence-electron chi connectivity index (χ4n) is 3.74. The van der Waals surface area contributed by atoms with Crippen molar-refractivity contribution in [2.45, 2.75) is 11.8 Å². The Balaban J connectivity index is 2.31. The summed E-state index contributed by atoms with van der Waals surface area (Å²) in [5, 5.41) is 2.85. The Morgan fingerprint density at radius 2 is 1.75 bits per heavy atom. The highest BCUT2D eigenvalue weighted by Crippen LogP contribution is 2.53. The molecular formula is C21H22N2O9. The first-order chi connectivity index (χ1) is 15.3. The van der Waals surface area contributed by atoms with Gasteiger partial charge >= 0.3 is 23.9 Å². The van der Waals surface area contributed by atoms with Crippen molar-refractivity contribution in [3.05, 3.63) is 52.6 Å². The molecule has 2 aliphatic rings. The van der Waals surface area contributed by atoms with Crippen LogP contribution in [-0.4, -0.2) is 58.4 Å². The largest absolute Gasteiger partial charge is 0.469 e. The summed E-state index contributed by atoms with van der Waals surface area (Å²) in [6, 6.07) is 6.42. The van der Waals surface area contributed by atoms with Crippen molar-refractivity contribution in [2.75, 3.05) is 39.9 Å². The van der Waals surface area contributed by atoms with E-state index in [0.29, 0.717) is 5.69 Å². The molecule has 2 heterocycles. The van der Waals surface area contributed by atoms with Gasteiger partial charge in [0.2, 0.25) is 0 Å². The number of rotatable bonds is 7. The van der Waals surface area contributed by atoms with Crippen molar-refractivity contribution in [1.29, 1.82) is 0 Å². The second-order valence-corrected chi connectivity index (χ2v) is 6.77. The molecule has 0 radical (unpaired) electrons. The maximum Gasteiger partial charge on any atom is 0.339 e. The summed E-state index contributed by atoms with van der Waals surface area (Å²) in [7, 11) is 3.66. The molecule has 0 amide bonds. The third kappa shape index (κ3) is 3.56. The predicted molar refractivity (Wildman–Crippen MR) is 108 cm³/mol. The lowest BCUT2D eigenvalue weighted by molar-refractivity contribution is -0.148. The molecule has 0 fully saturated rings. The minimum absolute atomic E-state index is 0.0909. The third-order valence-electron chi connectivity index (χ3n) is 5.07. The highest BCUT2D eigenvalue weighted by molar-refractivity contribution is 6.16. The zero-order valence-electron chi connectivity index (χ0n) is 17.7. The van der Waals surface area contributed by atoms with Crippen LogP contribution in [0.2, 0.25) is 0 Å². The molecule has 170 valence electrons. The quantitative estimate of drug-likeness (QED) is 0.337. The minimum atomic E-state index is -2.12. The third-order valence-corrected chi connectivity index (χ3v) is 5.07. The van der Waals surface area contributed by atoms with E-state index in [1.165, 1.54) is 13.2 Å². The monoisotopic (exact) mass is 446 g/mol. The molecule has 0 saturated carbocycles. The van der Waals surface area contributed by atoms with Crippen LogP contribution in [0.15, 0.2) is 47.0 Å². The number of para-hydroxylation sites is 1. The van der Waals surface area contributed by atoms with Crippen LogP contribution in [0, 0.1) is 0 Å². The maximum atomic E-state index is 13.4. The van der Waals surface area contributed by atoms with Gasteiger partial charge in [0.1, 0.15) is 35.8 Å². The number of ether oxygens (including phenoxy) is 5. The van der Waals surface area contributed by atoms with Crippen molar-refractivity contribution >= 4 is 29.6 Å². The fraction of sp³-hybridized carbons (Fsp3) is 0.333. The fourth-order valence-corrected chi connectivity index (χ4v) is 3.74. The Kier molecular flexibility index (Phi) is 6.49. The minimum Gasteiger partial charge on any atom is -0.469 e. The number of methoxy groups -OCH3 is 3. The number of hydrogen-bond acceptors (Lipinski definition) is 11. The Morgan fingerprint density at radius 3 is 2.41 bits per heavy atom. The zero-order valence-corrected chi connectivity index (χ0v) is 17.7. The number of cyclic esters (lactones) is 1. The number of carbonyl (C=O) groups is 4. The molecule has 1 aromatic rings. The first-order valence-electron chi connectivity index (χ1n) is 9.46. The lowest BCUT2D eigenvalue weighted by atomic mass is 9.66. The Hall–Kier alpha value is -3.86. The lowest BCUT2D eigenvalue weighted by Crippen LogP contribution is -2.47. The summed E-state index contributed by atoms with van der Waals surface area (Å²) in [5.74, 6) is -4.26. The van der Waals surface area contributed by atoms with Gasteiger partial charge in [-0.1, -0.05) is 18.2 Å². The summed E-state index contributed by atoms with van der Waals surface area (Å²) in [5.41, 5.74) is 3.88. The smallest absolute Gasteiger partial charge is 0.339 e. The van der Waals surface area contributed by atoms with Gasteiger partial charge in [0.25, 0.3) is 0 Å². The summed E-state index contributed by atoms with van der Waals surface area (Å²) in [6.07, 6.45) is -0.546. The zero-order chi connectivity index (χ0) is 23.5. The van der Waals surface area contributed by atoms with E-state index in [1.54, 1.807) is 18.2 Å². The molecule has 11 nitrogen and oxygen atoms in total. The summed E-state index contributed by atoms with van der Waals surface area (Å²) < 4.78 is 25.0. The summed E-state index contributed by atoms with van der Waals surface area (Å²) in [6.45, 7) is -0.0428. The molecule has 2 aliphatic heterocycles. The van der Waals surface area contributed by atoms with Crippen molar-refractivity contribution in [1.82, 2.24) is 0 Å². The van der Waals surface area contributed by atoms with E-state index in [4.69, 9.17) is 24.7 Å². The van der Waals surface area contributed by atoms with Crippen LogP contribution >= 0.6 is 0 Å². The van der Waals surface area contributed by atoms with Gasteiger partial charge in [0, 0.05) is 18.4 Å². The van der Waals surface area contributed by atoms with Gasteiger partial charge in [-0.25, -0.2) is 14.4 Å². The first kappa shape index (κ1) is 22.8. The van der Waals surface area contributed by atoms with E-state index in [1.807, 2.05) is 0 Å². The van der Waals surface area contributed by atoms with Crippen LogP contribution in [0.4, 0.5) is 5.69 Å². The molecule has 1 aromatic carbocycles. The lowest BCUT2D eigenvalue weighted by Gasteiger charge is -2.35. The van der Waals surface area contributed by atoms with Gasteiger partial charge in [0.15, 0.2) is 5.41 Å². The molecule has 3 rings (SSSR count). The SMILES string of the molecule is COCCOC(=O)C1=C(N)Nc2ccccc2[C@]12C(=O)OC(CC(=O)OC)=C2C(=O)OC. The van der Waals surface area contributed by atoms with Crippen LogP contribution in [0.5, 0.6) is 0 Å². The number of carbonyl (C=O) groups excluding carboxylic acids is 4. The molecular weight excluding hydrogens is 424 g/mol. The van der Waals surface area contributed by atoms with E-state index >= 15 is 0 Å². The van der Waals surface area contributed by atoms with E-state index < -0.39 is 35.7 Å². The molecule has 3 N–H and O–H groups in total. The average Bonchev–Trinajstić information content (AvgIpc) is 3.04. The van der Waals surface area contributed by atoms with Gasteiger partial charge in [-0.15, -0.1) is 0 Å². The molecule has 11 heteroatoms. The maximum absolute atomic E-state index is 13.4. The van der Waals surface area contributed by atoms with E-state index in [-0.39, 0.29) is 41.5 Å². The molecule has 0 bridgehead atoms. The van der Waals surface area contributed by atoms with Gasteiger partial charge in [0.05, 0.1) is 20.8 Å². The van der Waals surface area contributed by atoms with Gasteiger partial charge in [-0.05, 0) is 6.07 Å². The normalized spacial score (nSPS) is 19.3. The van der Waals surface area contributed by atoms with Crippen LogP contribution in [0.3, 0.4) is 0 Å². The first-order valence-corrected chi connectivity index (χ1v) is 9.46. The summed E-state index contributed by atoms with van der Waals surface area (Å²) >= 11 is 0. The number of anilines is 1. The number of nitrogens with two attached hydrogens (primary N) is 1. The standard InChI is InChI=1S/C21H22N2O9/c1-28-8-9-31-19(26)16-17(22)23-12-7-5-4-6-11(12)21(16)15(18(25)30-3)13(32-20(21)27)10-14(24)29-2/h4-7,23H,8-10,22H2,1-3H3/t21-/m1/s1. The van der Waals surface area contributed by atoms with Crippen molar-refractivity contribution in [2.24, 2.45) is 5.73 Å². The molecule has 32 heavy (non-hydrogen) atoms. The number of esters is 4. The van der Waals surface area contributed by atoms with E-state index in [2.05, 4.69) is 10.1 Å². The molecule has 0 saturated heterocycles. The van der Waals surface area contributed by atoms with Crippen LogP contribution in [-0.2, 0) is 48.3 Å². The van der Waals surface area contributed by atoms with Crippen LogP contribution in [0.25, 0.3) is 0 Å². The molecule has 0 aliphatic carbocycles. The number of fused-ring (bicyclic) bond motifs is 2. The van der Waals surface area contributed by atoms with Crippen molar-refractivity contribution in [3.8, 4) is 0 Å².